The Morgan fingerprint density at radius 2 is 1.83 bits per heavy atom. The predicted molar refractivity (Wildman–Crippen MR) is 90.1 cm³/mol. The Morgan fingerprint density at radius 1 is 1.13 bits per heavy atom. The van der Waals surface area contributed by atoms with Gasteiger partial charge in [0.05, 0.1) is 0 Å². The smallest absolute Gasteiger partial charge is 0.246 e. The summed E-state index contributed by atoms with van der Waals surface area (Å²) in [4.78, 5) is 29.5. The van der Waals surface area contributed by atoms with Gasteiger partial charge in [-0.15, -0.1) is 11.3 Å². The van der Waals surface area contributed by atoms with Crippen LogP contribution in [0.2, 0.25) is 0 Å². The Kier molecular flexibility index (Phi) is 5.46. The maximum atomic E-state index is 12.5. The molecule has 23 heavy (non-hydrogen) atoms. The molecular weight excluding hydrogens is 312 g/mol. The van der Waals surface area contributed by atoms with Gasteiger partial charge in [-0.2, -0.15) is 0 Å². The lowest BCUT2D eigenvalue weighted by Crippen LogP contribution is -2.52. The number of hydrogen-bond donors (Lipinski definition) is 0. The molecular formula is C17H22N2O3S. The molecule has 2 aliphatic rings. The average molecular weight is 334 g/mol. The maximum absolute atomic E-state index is 12.5. The SMILES string of the molecule is O=C(/C=C/c1cccs1)N1CCN(C(=O)C2CCOCC2)CC1. The van der Waals surface area contributed by atoms with Crippen LogP contribution in [0.5, 0.6) is 0 Å². The molecule has 2 saturated heterocycles. The topological polar surface area (TPSA) is 49.9 Å². The van der Waals surface area contributed by atoms with Crippen LogP contribution in [0, 0.1) is 5.92 Å². The Balaban J connectivity index is 1.47. The van der Waals surface area contributed by atoms with Crippen molar-refractivity contribution in [2.45, 2.75) is 12.8 Å². The van der Waals surface area contributed by atoms with Gasteiger partial charge in [0.1, 0.15) is 0 Å². The van der Waals surface area contributed by atoms with Crippen LogP contribution in [0.3, 0.4) is 0 Å². The molecule has 0 aliphatic carbocycles. The van der Waals surface area contributed by atoms with Crippen molar-refractivity contribution in [1.82, 2.24) is 9.80 Å². The van der Waals surface area contributed by atoms with Crippen LogP contribution in [0.25, 0.3) is 6.08 Å². The van der Waals surface area contributed by atoms with Gasteiger partial charge < -0.3 is 14.5 Å². The van der Waals surface area contributed by atoms with Crippen molar-refractivity contribution < 1.29 is 14.3 Å². The van der Waals surface area contributed by atoms with E-state index in [9.17, 15) is 9.59 Å². The highest BCUT2D eigenvalue weighted by Crippen LogP contribution is 2.19. The van der Waals surface area contributed by atoms with E-state index >= 15 is 0 Å². The van der Waals surface area contributed by atoms with Gasteiger partial charge in [0.2, 0.25) is 11.8 Å². The van der Waals surface area contributed by atoms with Crippen LogP contribution < -0.4 is 0 Å². The molecule has 0 saturated carbocycles. The zero-order chi connectivity index (χ0) is 16.1. The molecule has 0 aromatic carbocycles. The van der Waals surface area contributed by atoms with Crippen molar-refractivity contribution >= 4 is 29.2 Å². The molecule has 5 nitrogen and oxygen atoms in total. The first-order valence-corrected chi connectivity index (χ1v) is 8.99. The van der Waals surface area contributed by atoms with E-state index < -0.39 is 0 Å². The van der Waals surface area contributed by atoms with Gasteiger partial charge in [-0.25, -0.2) is 0 Å². The Hall–Kier alpha value is -1.66. The number of carbonyl (C=O) groups excluding carboxylic acids is 2. The first-order chi connectivity index (χ1) is 11.2. The van der Waals surface area contributed by atoms with E-state index in [2.05, 4.69) is 0 Å². The molecule has 3 rings (SSSR count). The number of hydrogen-bond acceptors (Lipinski definition) is 4. The molecule has 2 aliphatic heterocycles. The van der Waals surface area contributed by atoms with Crippen LogP contribution in [-0.2, 0) is 14.3 Å². The minimum absolute atomic E-state index is 0.0246. The van der Waals surface area contributed by atoms with Gasteiger partial charge >= 0.3 is 0 Å². The summed E-state index contributed by atoms with van der Waals surface area (Å²) in [6.07, 6.45) is 5.12. The average Bonchev–Trinajstić information content (AvgIpc) is 3.13. The summed E-state index contributed by atoms with van der Waals surface area (Å²) >= 11 is 1.61. The van der Waals surface area contributed by atoms with E-state index in [-0.39, 0.29) is 17.7 Å². The number of amides is 2. The van der Waals surface area contributed by atoms with E-state index in [0.29, 0.717) is 39.4 Å². The summed E-state index contributed by atoms with van der Waals surface area (Å²) in [6, 6.07) is 3.95. The lowest BCUT2D eigenvalue weighted by atomic mass is 9.98. The summed E-state index contributed by atoms with van der Waals surface area (Å²) in [5, 5.41) is 1.99. The fourth-order valence-electron chi connectivity index (χ4n) is 2.99. The first kappa shape index (κ1) is 16.2. The largest absolute Gasteiger partial charge is 0.381 e. The maximum Gasteiger partial charge on any atom is 0.246 e. The molecule has 0 atom stereocenters. The van der Waals surface area contributed by atoms with Crippen molar-refractivity contribution in [3.8, 4) is 0 Å². The molecule has 2 amide bonds. The third kappa shape index (κ3) is 4.20. The van der Waals surface area contributed by atoms with Crippen molar-refractivity contribution in [1.29, 1.82) is 0 Å². The number of carbonyl (C=O) groups is 2. The minimum Gasteiger partial charge on any atom is -0.381 e. The molecule has 1 aromatic heterocycles. The molecule has 0 unspecified atom stereocenters. The molecule has 0 spiro atoms. The molecule has 1 aromatic rings. The summed E-state index contributed by atoms with van der Waals surface area (Å²) in [6.45, 7) is 3.86. The van der Waals surface area contributed by atoms with Gasteiger partial charge in [-0.3, -0.25) is 9.59 Å². The number of piperazine rings is 1. The van der Waals surface area contributed by atoms with Crippen LogP contribution in [-0.4, -0.2) is 61.0 Å². The summed E-state index contributed by atoms with van der Waals surface area (Å²) in [7, 11) is 0. The molecule has 0 bridgehead atoms. The molecule has 6 heteroatoms. The Bertz CT molecular complexity index is 556. The van der Waals surface area contributed by atoms with E-state index in [4.69, 9.17) is 4.74 Å². The second kappa shape index (κ2) is 7.75. The third-order valence-electron chi connectivity index (χ3n) is 4.41. The normalized spacial score (nSPS) is 20.2. The second-order valence-corrected chi connectivity index (χ2v) is 6.87. The van der Waals surface area contributed by atoms with E-state index in [1.165, 1.54) is 0 Å². The third-order valence-corrected chi connectivity index (χ3v) is 5.24. The lowest BCUT2D eigenvalue weighted by Gasteiger charge is -2.36. The van der Waals surface area contributed by atoms with Gasteiger partial charge in [0.25, 0.3) is 0 Å². The fourth-order valence-corrected chi connectivity index (χ4v) is 3.61. The molecule has 124 valence electrons. The molecule has 3 heterocycles. The Morgan fingerprint density at radius 3 is 2.48 bits per heavy atom. The monoisotopic (exact) mass is 334 g/mol. The van der Waals surface area contributed by atoms with E-state index in [1.54, 1.807) is 17.4 Å². The van der Waals surface area contributed by atoms with Gasteiger partial charge in [-0.1, -0.05) is 6.07 Å². The first-order valence-electron chi connectivity index (χ1n) is 8.11. The summed E-state index contributed by atoms with van der Waals surface area (Å²) in [5.74, 6) is 0.357. The highest BCUT2D eigenvalue weighted by Gasteiger charge is 2.29. The summed E-state index contributed by atoms with van der Waals surface area (Å²) in [5.41, 5.74) is 0. The number of nitrogens with zero attached hydrogens (tertiary/aromatic N) is 2. The highest BCUT2D eigenvalue weighted by atomic mass is 32.1. The quantitative estimate of drug-likeness (QED) is 0.793. The Labute approximate surface area is 140 Å². The van der Waals surface area contributed by atoms with Crippen molar-refractivity contribution in [3.63, 3.8) is 0 Å². The lowest BCUT2D eigenvalue weighted by molar-refractivity contribution is -0.142. The number of ether oxygens (including phenoxy) is 1. The van der Waals surface area contributed by atoms with E-state index in [0.717, 1.165) is 17.7 Å². The standard InChI is InChI=1S/C17H22N2O3S/c20-16(4-3-15-2-1-13-23-15)18-7-9-19(10-8-18)17(21)14-5-11-22-12-6-14/h1-4,13-14H,5-12H2/b4-3+. The van der Waals surface area contributed by atoms with Crippen LogP contribution in [0.4, 0.5) is 0 Å². The van der Waals surface area contributed by atoms with E-state index in [1.807, 2.05) is 33.4 Å². The van der Waals surface area contributed by atoms with Crippen molar-refractivity contribution in [3.05, 3.63) is 28.5 Å². The predicted octanol–water partition coefficient (Wildman–Crippen LogP) is 1.86. The zero-order valence-electron chi connectivity index (χ0n) is 13.1. The molecule has 2 fully saturated rings. The summed E-state index contributed by atoms with van der Waals surface area (Å²) < 4.78 is 5.31. The minimum atomic E-state index is 0.0246. The molecule has 0 radical (unpaired) electrons. The fraction of sp³-hybridized carbons (Fsp3) is 0.529. The van der Waals surface area contributed by atoms with Crippen LogP contribution in [0.1, 0.15) is 17.7 Å². The van der Waals surface area contributed by atoms with Gasteiger partial charge in [-0.05, 0) is 30.4 Å². The van der Waals surface area contributed by atoms with Gasteiger partial charge in [0, 0.05) is 56.3 Å². The van der Waals surface area contributed by atoms with Crippen LogP contribution >= 0.6 is 11.3 Å². The number of thiophene rings is 1. The second-order valence-electron chi connectivity index (χ2n) is 5.89. The van der Waals surface area contributed by atoms with Crippen LogP contribution in [0.15, 0.2) is 23.6 Å². The molecule has 0 N–H and O–H groups in total. The van der Waals surface area contributed by atoms with Crippen molar-refractivity contribution in [2.75, 3.05) is 39.4 Å². The van der Waals surface area contributed by atoms with Gasteiger partial charge in [0.15, 0.2) is 0 Å². The number of rotatable bonds is 3. The zero-order valence-corrected chi connectivity index (χ0v) is 14.0. The van der Waals surface area contributed by atoms with Crippen molar-refractivity contribution in [2.24, 2.45) is 5.92 Å². The highest BCUT2D eigenvalue weighted by molar-refractivity contribution is 7.10.